The van der Waals surface area contributed by atoms with E-state index in [0.717, 1.165) is 32.7 Å². The molecule has 0 aromatic carbocycles. The number of anilines is 1. The summed E-state index contributed by atoms with van der Waals surface area (Å²) >= 11 is 5.71. The van der Waals surface area contributed by atoms with E-state index in [0.29, 0.717) is 6.54 Å². The molecule has 1 aromatic rings. The van der Waals surface area contributed by atoms with Gasteiger partial charge in [-0.2, -0.15) is 0 Å². The molecule has 0 amide bonds. The van der Waals surface area contributed by atoms with Crippen LogP contribution in [0.15, 0.2) is 12.3 Å². The van der Waals surface area contributed by atoms with Crippen LogP contribution in [0.2, 0.25) is 5.02 Å². The highest BCUT2D eigenvalue weighted by atomic mass is 35.5. The summed E-state index contributed by atoms with van der Waals surface area (Å²) in [5, 5.41) is 17.4. The highest BCUT2D eigenvalue weighted by molar-refractivity contribution is 6.30. The average molecular weight is 286 g/mol. The second-order valence-corrected chi connectivity index (χ2v) is 4.73. The quantitative estimate of drug-likeness (QED) is 0.619. The van der Waals surface area contributed by atoms with Crippen LogP contribution in [0.25, 0.3) is 0 Å². The van der Waals surface area contributed by atoms with Crippen molar-refractivity contribution in [3.05, 3.63) is 27.4 Å². The minimum absolute atomic E-state index is 0.0900. The van der Waals surface area contributed by atoms with E-state index in [4.69, 9.17) is 11.6 Å². The normalized spacial score (nSPS) is 16.3. The predicted octanol–water partition coefficient (Wildman–Crippen LogP) is 0.960. The van der Waals surface area contributed by atoms with E-state index in [1.807, 2.05) is 0 Å². The molecule has 1 saturated heterocycles. The fourth-order valence-electron chi connectivity index (χ4n) is 1.97. The zero-order chi connectivity index (χ0) is 13.7. The number of hydrogen-bond donors (Lipinski definition) is 2. The van der Waals surface area contributed by atoms with Gasteiger partial charge in [-0.25, -0.2) is 4.98 Å². The molecule has 2 rings (SSSR count). The van der Waals surface area contributed by atoms with Gasteiger partial charge in [0.25, 0.3) is 0 Å². The van der Waals surface area contributed by atoms with Crippen molar-refractivity contribution in [3.8, 4) is 0 Å². The fourth-order valence-corrected chi connectivity index (χ4v) is 2.12. The molecule has 0 saturated carbocycles. The lowest BCUT2D eigenvalue weighted by Gasteiger charge is -2.27. The Morgan fingerprint density at radius 2 is 2.26 bits per heavy atom. The SMILES string of the molecule is O=[N+]([O-])c1cc(Cl)cnc1NCCN1CCNCC1. The van der Waals surface area contributed by atoms with Crippen molar-refractivity contribution in [1.82, 2.24) is 15.2 Å². The Morgan fingerprint density at radius 1 is 1.53 bits per heavy atom. The van der Waals surface area contributed by atoms with Crippen LogP contribution >= 0.6 is 11.6 Å². The molecule has 1 aromatic heterocycles. The second-order valence-electron chi connectivity index (χ2n) is 4.30. The third kappa shape index (κ3) is 4.02. The lowest BCUT2D eigenvalue weighted by atomic mass is 10.3. The molecule has 1 aliphatic rings. The Labute approximate surface area is 116 Å². The number of pyridine rings is 1. The fraction of sp³-hybridized carbons (Fsp3) is 0.545. The number of hydrogen-bond acceptors (Lipinski definition) is 6. The maximum Gasteiger partial charge on any atom is 0.312 e. The Bertz CT molecular complexity index is 451. The summed E-state index contributed by atoms with van der Waals surface area (Å²) in [6, 6.07) is 1.31. The number of rotatable bonds is 5. The first-order valence-electron chi connectivity index (χ1n) is 6.13. The van der Waals surface area contributed by atoms with Gasteiger partial charge in [-0.3, -0.25) is 15.0 Å². The summed E-state index contributed by atoms with van der Waals surface area (Å²) in [5.41, 5.74) is -0.0900. The van der Waals surface area contributed by atoms with Crippen molar-refractivity contribution in [1.29, 1.82) is 0 Å². The molecule has 7 nitrogen and oxygen atoms in total. The standard InChI is InChI=1S/C11H16ClN5O2/c12-9-7-10(17(18)19)11(15-8-9)14-3-6-16-4-1-13-2-5-16/h7-8,13H,1-6H2,(H,14,15). The van der Waals surface area contributed by atoms with Crippen molar-refractivity contribution in [2.45, 2.75) is 0 Å². The van der Waals surface area contributed by atoms with Gasteiger partial charge in [0.05, 0.1) is 9.95 Å². The van der Waals surface area contributed by atoms with E-state index in [-0.39, 0.29) is 16.5 Å². The highest BCUT2D eigenvalue weighted by Gasteiger charge is 2.16. The average Bonchev–Trinajstić information content (AvgIpc) is 2.41. The highest BCUT2D eigenvalue weighted by Crippen LogP contribution is 2.24. The minimum Gasteiger partial charge on any atom is -0.363 e. The molecule has 0 radical (unpaired) electrons. The topological polar surface area (TPSA) is 83.3 Å². The molecule has 2 heterocycles. The van der Waals surface area contributed by atoms with Gasteiger partial charge >= 0.3 is 5.69 Å². The number of nitro groups is 1. The first-order chi connectivity index (χ1) is 9.16. The van der Waals surface area contributed by atoms with Crippen molar-refractivity contribution in [2.24, 2.45) is 0 Å². The summed E-state index contributed by atoms with van der Waals surface area (Å²) in [6.07, 6.45) is 1.40. The van der Waals surface area contributed by atoms with E-state index >= 15 is 0 Å². The molecule has 2 N–H and O–H groups in total. The van der Waals surface area contributed by atoms with Crippen LogP contribution < -0.4 is 10.6 Å². The summed E-state index contributed by atoms with van der Waals surface area (Å²) in [6.45, 7) is 5.42. The molecule has 8 heteroatoms. The Kier molecular flexibility index (Phi) is 4.89. The van der Waals surface area contributed by atoms with Gasteiger partial charge in [-0.05, 0) is 0 Å². The van der Waals surface area contributed by atoms with Gasteiger partial charge in [-0.15, -0.1) is 0 Å². The third-order valence-electron chi connectivity index (χ3n) is 2.96. The Balaban J connectivity index is 1.89. The van der Waals surface area contributed by atoms with Gasteiger partial charge in [0.1, 0.15) is 0 Å². The summed E-state index contributed by atoms with van der Waals surface area (Å²) < 4.78 is 0. The number of piperazine rings is 1. The molecule has 0 atom stereocenters. The largest absolute Gasteiger partial charge is 0.363 e. The van der Waals surface area contributed by atoms with Crippen molar-refractivity contribution in [2.75, 3.05) is 44.6 Å². The van der Waals surface area contributed by atoms with Crippen LogP contribution in [0.3, 0.4) is 0 Å². The van der Waals surface area contributed by atoms with Crippen LogP contribution in [0.5, 0.6) is 0 Å². The van der Waals surface area contributed by atoms with Crippen molar-refractivity contribution < 1.29 is 4.92 Å². The minimum atomic E-state index is -0.480. The van der Waals surface area contributed by atoms with E-state index in [1.54, 1.807) is 0 Å². The molecule has 0 unspecified atom stereocenters. The first kappa shape index (κ1) is 14.0. The van der Waals surface area contributed by atoms with Crippen molar-refractivity contribution >= 4 is 23.1 Å². The second kappa shape index (κ2) is 6.65. The maximum absolute atomic E-state index is 10.9. The lowest BCUT2D eigenvalue weighted by Crippen LogP contribution is -2.45. The third-order valence-corrected chi connectivity index (χ3v) is 3.17. The maximum atomic E-state index is 10.9. The van der Waals surface area contributed by atoms with Gasteiger partial charge < -0.3 is 10.6 Å². The molecular weight excluding hydrogens is 270 g/mol. The van der Waals surface area contributed by atoms with Crippen LogP contribution in [-0.4, -0.2) is 54.1 Å². The molecule has 0 aliphatic carbocycles. The number of nitrogens with one attached hydrogen (secondary N) is 2. The summed E-state index contributed by atoms with van der Waals surface area (Å²) in [4.78, 5) is 16.7. The molecule has 19 heavy (non-hydrogen) atoms. The molecule has 0 bridgehead atoms. The molecule has 104 valence electrons. The van der Waals surface area contributed by atoms with Gasteiger partial charge in [0, 0.05) is 51.5 Å². The Hall–Kier alpha value is -1.44. The van der Waals surface area contributed by atoms with E-state index in [1.165, 1.54) is 12.3 Å². The van der Waals surface area contributed by atoms with Crippen LogP contribution in [0.1, 0.15) is 0 Å². The van der Waals surface area contributed by atoms with E-state index < -0.39 is 4.92 Å². The van der Waals surface area contributed by atoms with Crippen LogP contribution in [-0.2, 0) is 0 Å². The summed E-state index contributed by atoms with van der Waals surface area (Å²) in [5.74, 6) is 0.268. The zero-order valence-corrected chi connectivity index (χ0v) is 11.2. The van der Waals surface area contributed by atoms with Crippen molar-refractivity contribution in [3.63, 3.8) is 0 Å². The number of nitrogens with zero attached hydrogens (tertiary/aromatic N) is 3. The number of aromatic nitrogens is 1. The molecular formula is C11H16ClN5O2. The van der Waals surface area contributed by atoms with Gasteiger partial charge in [0.15, 0.2) is 0 Å². The molecule has 1 fully saturated rings. The number of halogens is 1. The van der Waals surface area contributed by atoms with Crippen LogP contribution in [0.4, 0.5) is 11.5 Å². The van der Waals surface area contributed by atoms with Gasteiger partial charge in [-0.1, -0.05) is 11.6 Å². The van der Waals surface area contributed by atoms with Crippen LogP contribution in [0, 0.1) is 10.1 Å². The van der Waals surface area contributed by atoms with E-state index in [2.05, 4.69) is 20.5 Å². The smallest absolute Gasteiger partial charge is 0.312 e. The monoisotopic (exact) mass is 285 g/mol. The summed E-state index contributed by atoms with van der Waals surface area (Å²) in [7, 11) is 0. The first-order valence-corrected chi connectivity index (χ1v) is 6.51. The lowest BCUT2D eigenvalue weighted by molar-refractivity contribution is -0.384. The Morgan fingerprint density at radius 3 is 2.95 bits per heavy atom. The predicted molar refractivity (Wildman–Crippen MR) is 73.7 cm³/mol. The zero-order valence-electron chi connectivity index (χ0n) is 10.4. The van der Waals surface area contributed by atoms with Gasteiger partial charge in [0.2, 0.25) is 5.82 Å². The molecule has 0 spiro atoms. The molecule has 1 aliphatic heterocycles. The van der Waals surface area contributed by atoms with E-state index in [9.17, 15) is 10.1 Å².